The van der Waals surface area contributed by atoms with E-state index in [4.69, 9.17) is 9.84 Å². The molecule has 0 heterocycles. The van der Waals surface area contributed by atoms with Crippen LogP contribution >= 0.6 is 0 Å². The second-order valence-corrected chi connectivity index (χ2v) is 3.18. The standard InChI is InChI=1S/C11H13NO4/c1-3-16-11(15)12-9-6-8(10(13)14)5-4-7(9)2/h4-6H,3H2,1-2H3,(H,12,15)(H,13,14). The van der Waals surface area contributed by atoms with Crippen LogP contribution < -0.4 is 5.32 Å². The van der Waals surface area contributed by atoms with Crippen LogP contribution in [0.5, 0.6) is 0 Å². The van der Waals surface area contributed by atoms with Gasteiger partial charge in [-0.3, -0.25) is 5.32 Å². The van der Waals surface area contributed by atoms with Crippen molar-refractivity contribution >= 4 is 17.7 Å². The lowest BCUT2D eigenvalue weighted by Gasteiger charge is -2.08. The van der Waals surface area contributed by atoms with Crippen molar-refractivity contribution < 1.29 is 19.4 Å². The molecule has 0 fully saturated rings. The number of carbonyl (C=O) groups is 2. The summed E-state index contributed by atoms with van der Waals surface area (Å²) in [5.41, 5.74) is 1.34. The van der Waals surface area contributed by atoms with Gasteiger partial charge in [0.25, 0.3) is 0 Å². The number of ether oxygens (including phenoxy) is 1. The summed E-state index contributed by atoms with van der Waals surface area (Å²) in [5, 5.41) is 11.3. The van der Waals surface area contributed by atoms with Gasteiger partial charge in [0.2, 0.25) is 0 Å². The second-order valence-electron chi connectivity index (χ2n) is 3.18. The second kappa shape index (κ2) is 5.16. The van der Waals surface area contributed by atoms with Gasteiger partial charge in [-0.25, -0.2) is 9.59 Å². The zero-order valence-corrected chi connectivity index (χ0v) is 9.11. The largest absolute Gasteiger partial charge is 0.478 e. The lowest BCUT2D eigenvalue weighted by molar-refractivity contribution is 0.0697. The van der Waals surface area contributed by atoms with E-state index in [0.717, 1.165) is 5.56 Å². The van der Waals surface area contributed by atoms with Crippen LogP contribution in [0.25, 0.3) is 0 Å². The number of hydrogen-bond donors (Lipinski definition) is 2. The molecule has 0 aliphatic heterocycles. The molecular weight excluding hydrogens is 210 g/mol. The number of nitrogens with one attached hydrogen (secondary N) is 1. The van der Waals surface area contributed by atoms with Gasteiger partial charge >= 0.3 is 12.1 Å². The third kappa shape index (κ3) is 2.98. The van der Waals surface area contributed by atoms with Gasteiger partial charge in [0, 0.05) is 5.69 Å². The fraction of sp³-hybridized carbons (Fsp3) is 0.273. The predicted octanol–water partition coefficient (Wildman–Crippen LogP) is 2.26. The Morgan fingerprint density at radius 3 is 2.69 bits per heavy atom. The Kier molecular flexibility index (Phi) is 3.88. The van der Waals surface area contributed by atoms with Crippen LogP contribution in [0.1, 0.15) is 22.8 Å². The third-order valence-electron chi connectivity index (χ3n) is 2.00. The summed E-state index contributed by atoms with van der Waals surface area (Å²) in [6, 6.07) is 4.51. The number of carboxylic acids is 1. The first-order valence-electron chi connectivity index (χ1n) is 4.82. The summed E-state index contributed by atoms with van der Waals surface area (Å²) >= 11 is 0. The van der Waals surface area contributed by atoms with Crippen molar-refractivity contribution in [3.05, 3.63) is 29.3 Å². The number of rotatable bonds is 3. The molecule has 0 unspecified atom stereocenters. The van der Waals surface area contributed by atoms with Gasteiger partial charge in [0.05, 0.1) is 12.2 Å². The fourth-order valence-corrected chi connectivity index (χ4v) is 1.17. The molecule has 1 amide bonds. The molecule has 1 rings (SSSR count). The van der Waals surface area contributed by atoms with E-state index in [1.54, 1.807) is 19.9 Å². The maximum Gasteiger partial charge on any atom is 0.411 e. The van der Waals surface area contributed by atoms with E-state index in [2.05, 4.69) is 5.32 Å². The van der Waals surface area contributed by atoms with E-state index >= 15 is 0 Å². The highest BCUT2D eigenvalue weighted by molar-refractivity contribution is 5.92. The van der Waals surface area contributed by atoms with E-state index in [0.29, 0.717) is 5.69 Å². The normalized spacial score (nSPS) is 9.62. The van der Waals surface area contributed by atoms with E-state index < -0.39 is 12.1 Å². The number of aromatic carboxylic acids is 1. The van der Waals surface area contributed by atoms with Crippen LogP contribution in [0.4, 0.5) is 10.5 Å². The van der Waals surface area contributed by atoms with Gasteiger partial charge in [-0.2, -0.15) is 0 Å². The van der Waals surface area contributed by atoms with Crippen LogP contribution in [0.2, 0.25) is 0 Å². The van der Waals surface area contributed by atoms with E-state index in [1.165, 1.54) is 12.1 Å². The summed E-state index contributed by atoms with van der Waals surface area (Å²) in [6.07, 6.45) is -0.590. The first-order valence-corrected chi connectivity index (χ1v) is 4.82. The Morgan fingerprint density at radius 2 is 2.12 bits per heavy atom. The topological polar surface area (TPSA) is 75.6 Å². The molecule has 0 aliphatic rings. The van der Waals surface area contributed by atoms with Crippen molar-refractivity contribution in [2.75, 3.05) is 11.9 Å². The van der Waals surface area contributed by atoms with Gasteiger partial charge in [-0.15, -0.1) is 0 Å². The molecule has 0 bridgehead atoms. The Hall–Kier alpha value is -2.04. The first kappa shape index (κ1) is 12.0. The summed E-state index contributed by atoms with van der Waals surface area (Å²) < 4.78 is 4.70. The monoisotopic (exact) mass is 223 g/mol. The molecule has 1 aromatic carbocycles. The molecule has 0 aliphatic carbocycles. The lowest BCUT2D eigenvalue weighted by Crippen LogP contribution is -2.14. The highest BCUT2D eigenvalue weighted by atomic mass is 16.5. The van der Waals surface area contributed by atoms with Crippen LogP contribution in [0.3, 0.4) is 0 Å². The minimum Gasteiger partial charge on any atom is -0.478 e. The Labute approximate surface area is 93.0 Å². The first-order chi connectivity index (χ1) is 7.54. The Morgan fingerprint density at radius 1 is 1.44 bits per heavy atom. The molecular formula is C11H13NO4. The number of carboxylic acid groups (broad SMARTS) is 1. The SMILES string of the molecule is CCOC(=O)Nc1cc(C(=O)O)ccc1C. The average Bonchev–Trinajstić information content (AvgIpc) is 2.21. The molecule has 0 atom stereocenters. The summed E-state index contributed by atoms with van der Waals surface area (Å²) in [4.78, 5) is 21.9. The van der Waals surface area contributed by atoms with Gasteiger partial charge in [0.1, 0.15) is 0 Å². The van der Waals surface area contributed by atoms with Crippen molar-refractivity contribution in [2.45, 2.75) is 13.8 Å². The fourth-order valence-electron chi connectivity index (χ4n) is 1.17. The maximum absolute atomic E-state index is 11.2. The number of hydrogen-bond acceptors (Lipinski definition) is 3. The van der Waals surface area contributed by atoms with Gasteiger partial charge in [0.15, 0.2) is 0 Å². The van der Waals surface area contributed by atoms with Crippen LogP contribution in [0.15, 0.2) is 18.2 Å². The molecule has 2 N–H and O–H groups in total. The number of aryl methyl sites for hydroxylation is 1. The molecule has 1 aromatic rings. The van der Waals surface area contributed by atoms with Crippen LogP contribution in [-0.4, -0.2) is 23.8 Å². The summed E-state index contributed by atoms with van der Waals surface area (Å²) in [6.45, 7) is 3.73. The minimum absolute atomic E-state index is 0.123. The molecule has 0 saturated heterocycles. The quantitative estimate of drug-likeness (QED) is 0.824. The van der Waals surface area contributed by atoms with E-state index in [-0.39, 0.29) is 12.2 Å². The van der Waals surface area contributed by atoms with Gasteiger partial charge in [-0.05, 0) is 31.5 Å². The third-order valence-corrected chi connectivity index (χ3v) is 2.00. The number of amides is 1. The highest BCUT2D eigenvalue weighted by Crippen LogP contribution is 2.17. The minimum atomic E-state index is -1.04. The molecule has 0 aromatic heterocycles. The van der Waals surface area contributed by atoms with Crippen LogP contribution in [0, 0.1) is 6.92 Å². The number of anilines is 1. The predicted molar refractivity (Wildman–Crippen MR) is 58.8 cm³/mol. The van der Waals surface area contributed by atoms with Crippen molar-refractivity contribution in [2.24, 2.45) is 0 Å². The van der Waals surface area contributed by atoms with Gasteiger partial charge in [-0.1, -0.05) is 6.07 Å². The van der Waals surface area contributed by atoms with E-state index in [9.17, 15) is 9.59 Å². The van der Waals surface area contributed by atoms with Gasteiger partial charge < -0.3 is 9.84 Å². The van der Waals surface area contributed by atoms with Crippen molar-refractivity contribution in [3.63, 3.8) is 0 Å². The molecule has 86 valence electrons. The molecule has 0 spiro atoms. The highest BCUT2D eigenvalue weighted by Gasteiger charge is 2.08. The van der Waals surface area contributed by atoms with Crippen molar-refractivity contribution in [1.29, 1.82) is 0 Å². The number of benzene rings is 1. The van der Waals surface area contributed by atoms with E-state index in [1.807, 2.05) is 0 Å². The zero-order chi connectivity index (χ0) is 12.1. The van der Waals surface area contributed by atoms with Crippen LogP contribution in [-0.2, 0) is 4.74 Å². The summed E-state index contributed by atoms with van der Waals surface area (Å²) in [7, 11) is 0. The lowest BCUT2D eigenvalue weighted by atomic mass is 10.1. The Bertz CT molecular complexity index is 414. The molecule has 0 saturated carbocycles. The smallest absolute Gasteiger partial charge is 0.411 e. The Balaban J connectivity index is 2.90. The molecule has 16 heavy (non-hydrogen) atoms. The van der Waals surface area contributed by atoms with Crippen molar-refractivity contribution in [3.8, 4) is 0 Å². The maximum atomic E-state index is 11.2. The average molecular weight is 223 g/mol. The zero-order valence-electron chi connectivity index (χ0n) is 9.11. The summed E-state index contributed by atoms with van der Waals surface area (Å²) in [5.74, 6) is -1.04. The number of carbonyl (C=O) groups excluding carboxylic acids is 1. The molecule has 0 radical (unpaired) electrons. The van der Waals surface area contributed by atoms with Crippen molar-refractivity contribution in [1.82, 2.24) is 0 Å². The molecule has 5 nitrogen and oxygen atoms in total. The molecule has 5 heteroatoms.